The summed E-state index contributed by atoms with van der Waals surface area (Å²) in [5.74, 6) is -0.861. The molecule has 0 heterocycles. The van der Waals surface area contributed by atoms with Crippen LogP contribution >= 0.6 is 0 Å². The number of carboxylic acids is 1. The summed E-state index contributed by atoms with van der Waals surface area (Å²) in [6.45, 7) is 9.80. The average Bonchev–Trinajstić information content (AvgIpc) is 2.42. The van der Waals surface area contributed by atoms with E-state index in [4.69, 9.17) is 29.8 Å². The second-order valence-electron chi connectivity index (χ2n) is 6.03. The highest BCUT2D eigenvalue weighted by molar-refractivity contribution is 5.66. The van der Waals surface area contributed by atoms with Crippen LogP contribution in [-0.2, 0) is 23.7 Å². The van der Waals surface area contributed by atoms with Crippen LogP contribution in [0.5, 0.6) is 0 Å². The normalized spacial score (nSPS) is 13.3. The van der Waals surface area contributed by atoms with Gasteiger partial charge in [-0.2, -0.15) is 0 Å². The minimum absolute atomic E-state index is 0.0111. The van der Waals surface area contributed by atoms with Gasteiger partial charge in [0.25, 0.3) is 0 Å². The molecule has 7 heteroatoms. The van der Waals surface area contributed by atoms with Crippen LogP contribution in [0.25, 0.3) is 0 Å². The maximum atomic E-state index is 10.2. The lowest BCUT2D eigenvalue weighted by molar-refractivity contribution is -0.138. The lowest BCUT2D eigenvalue weighted by Gasteiger charge is -2.26. The number of hydrogen-bond acceptors (Lipinski definition) is 6. The van der Waals surface area contributed by atoms with Crippen molar-refractivity contribution in [3.63, 3.8) is 0 Å². The summed E-state index contributed by atoms with van der Waals surface area (Å²) in [4.78, 5) is 10.2. The van der Waals surface area contributed by atoms with Crippen molar-refractivity contribution in [2.75, 3.05) is 52.9 Å². The third kappa shape index (κ3) is 14.2. The molecule has 0 aromatic carbocycles. The first-order valence-corrected chi connectivity index (χ1v) is 7.62. The summed E-state index contributed by atoms with van der Waals surface area (Å²) in [6.07, 6.45) is 0.0159. The van der Waals surface area contributed by atoms with E-state index in [1.165, 1.54) is 0 Å². The van der Waals surface area contributed by atoms with E-state index in [9.17, 15) is 4.79 Å². The van der Waals surface area contributed by atoms with Crippen molar-refractivity contribution in [1.82, 2.24) is 0 Å². The molecule has 0 aromatic rings. The molecule has 3 N–H and O–H groups in total. The second-order valence-corrected chi connectivity index (χ2v) is 6.03. The third-order valence-corrected chi connectivity index (χ3v) is 2.99. The van der Waals surface area contributed by atoms with Crippen molar-refractivity contribution >= 4 is 5.97 Å². The van der Waals surface area contributed by atoms with Crippen LogP contribution in [0.2, 0.25) is 0 Å². The molecule has 0 saturated carbocycles. The monoisotopic (exact) mass is 321 g/mol. The summed E-state index contributed by atoms with van der Waals surface area (Å²) >= 11 is 0. The molecular weight excluding hydrogens is 290 g/mol. The summed E-state index contributed by atoms with van der Waals surface area (Å²) in [6, 6.07) is 0.0111. The molecule has 0 spiro atoms. The van der Waals surface area contributed by atoms with Gasteiger partial charge in [0.05, 0.1) is 59.3 Å². The Balaban J connectivity index is 3.16. The Morgan fingerprint density at radius 3 is 1.73 bits per heavy atom. The standard InChI is InChI=1S/C15H31NO6/c1-15(2,3)13(16)12-22-11-10-21-9-8-20-7-6-19-5-4-14(17)18/h13H,4-12,16H2,1-3H3,(H,17,18). The van der Waals surface area contributed by atoms with E-state index < -0.39 is 5.97 Å². The molecular formula is C15H31NO6. The molecule has 0 rings (SSSR count). The molecule has 0 aliphatic heterocycles. The van der Waals surface area contributed by atoms with Gasteiger partial charge in [-0.05, 0) is 5.41 Å². The van der Waals surface area contributed by atoms with Gasteiger partial charge in [0.15, 0.2) is 0 Å². The van der Waals surface area contributed by atoms with E-state index in [2.05, 4.69) is 20.8 Å². The summed E-state index contributed by atoms with van der Waals surface area (Å²) in [5.41, 5.74) is 6.01. The van der Waals surface area contributed by atoms with Crippen molar-refractivity contribution < 1.29 is 28.8 Å². The van der Waals surface area contributed by atoms with E-state index in [1.54, 1.807) is 0 Å². The van der Waals surface area contributed by atoms with E-state index in [0.29, 0.717) is 46.2 Å². The highest BCUT2D eigenvalue weighted by atomic mass is 16.6. The molecule has 132 valence electrons. The molecule has 0 aromatic heterocycles. The average molecular weight is 321 g/mol. The number of hydrogen-bond donors (Lipinski definition) is 2. The lowest BCUT2D eigenvalue weighted by atomic mass is 9.88. The van der Waals surface area contributed by atoms with E-state index in [-0.39, 0.29) is 24.5 Å². The highest BCUT2D eigenvalue weighted by Gasteiger charge is 2.20. The number of ether oxygens (including phenoxy) is 4. The number of aliphatic carboxylic acids is 1. The van der Waals surface area contributed by atoms with Crippen LogP contribution in [-0.4, -0.2) is 70.0 Å². The number of nitrogens with two attached hydrogens (primary N) is 1. The molecule has 0 aliphatic rings. The Bertz CT molecular complexity index is 280. The molecule has 22 heavy (non-hydrogen) atoms. The first kappa shape index (κ1) is 21.3. The van der Waals surface area contributed by atoms with E-state index in [0.717, 1.165) is 0 Å². The zero-order valence-corrected chi connectivity index (χ0v) is 14.0. The Morgan fingerprint density at radius 2 is 1.32 bits per heavy atom. The maximum absolute atomic E-state index is 10.2. The molecule has 1 atom stereocenters. The predicted octanol–water partition coefficient (Wildman–Crippen LogP) is 0.901. The topological polar surface area (TPSA) is 100 Å². The van der Waals surface area contributed by atoms with Gasteiger partial charge in [0.1, 0.15) is 0 Å². The van der Waals surface area contributed by atoms with Gasteiger partial charge in [-0.15, -0.1) is 0 Å². The Morgan fingerprint density at radius 1 is 0.909 bits per heavy atom. The van der Waals surface area contributed by atoms with Crippen LogP contribution in [0, 0.1) is 5.41 Å². The van der Waals surface area contributed by atoms with Gasteiger partial charge >= 0.3 is 5.97 Å². The fraction of sp³-hybridized carbons (Fsp3) is 0.933. The minimum Gasteiger partial charge on any atom is -0.481 e. The van der Waals surface area contributed by atoms with Crippen molar-refractivity contribution in [3.8, 4) is 0 Å². The zero-order valence-electron chi connectivity index (χ0n) is 14.0. The molecule has 0 radical (unpaired) electrons. The minimum atomic E-state index is -0.861. The SMILES string of the molecule is CC(C)(C)C(N)COCCOCCOCCOCCC(=O)O. The first-order valence-electron chi connectivity index (χ1n) is 7.62. The van der Waals surface area contributed by atoms with Crippen LogP contribution in [0.1, 0.15) is 27.2 Å². The van der Waals surface area contributed by atoms with Gasteiger partial charge < -0.3 is 29.8 Å². The van der Waals surface area contributed by atoms with Crippen LogP contribution in [0.4, 0.5) is 0 Å². The number of rotatable bonds is 14. The largest absolute Gasteiger partial charge is 0.481 e. The molecule has 0 bridgehead atoms. The molecule has 0 fully saturated rings. The Kier molecular flexibility index (Phi) is 12.4. The van der Waals surface area contributed by atoms with Crippen LogP contribution in [0.15, 0.2) is 0 Å². The highest BCUT2D eigenvalue weighted by Crippen LogP contribution is 2.17. The summed E-state index contributed by atoms with van der Waals surface area (Å²) < 4.78 is 21.2. The Labute approximate surface area is 133 Å². The molecule has 7 nitrogen and oxygen atoms in total. The van der Waals surface area contributed by atoms with Gasteiger partial charge in [-0.3, -0.25) is 4.79 Å². The van der Waals surface area contributed by atoms with Crippen molar-refractivity contribution in [3.05, 3.63) is 0 Å². The van der Waals surface area contributed by atoms with Crippen LogP contribution < -0.4 is 5.73 Å². The molecule has 0 amide bonds. The zero-order chi connectivity index (χ0) is 16.8. The van der Waals surface area contributed by atoms with Crippen LogP contribution in [0.3, 0.4) is 0 Å². The molecule has 1 unspecified atom stereocenters. The second kappa shape index (κ2) is 12.8. The van der Waals surface area contributed by atoms with Crippen molar-refractivity contribution in [1.29, 1.82) is 0 Å². The summed E-state index contributed by atoms with van der Waals surface area (Å²) in [7, 11) is 0. The van der Waals surface area contributed by atoms with Gasteiger partial charge in [-0.1, -0.05) is 20.8 Å². The molecule has 0 saturated heterocycles. The fourth-order valence-electron chi connectivity index (χ4n) is 1.28. The Hall–Kier alpha value is -0.730. The van der Waals surface area contributed by atoms with E-state index in [1.807, 2.05) is 0 Å². The number of carboxylic acid groups (broad SMARTS) is 1. The molecule has 0 aliphatic carbocycles. The fourth-order valence-corrected chi connectivity index (χ4v) is 1.28. The van der Waals surface area contributed by atoms with Gasteiger partial charge in [0.2, 0.25) is 0 Å². The third-order valence-electron chi connectivity index (χ3n) is 2.99. The van der Waals surface area contributed by atoms with Gasteiger partial charge in [-0.25, -0.2) is 0 Å². The maximum Gasteiger partial charge on any atom is 0.305 e. The number of carbonyl (C=O) groups is 1. The van der Waals surface area contributed by atoms with Crippen molar-refractivity contribution in [2.45, 2.75) is 33.2 Å². The van der Waals surface area contributed by atoms with Gasteiger partial charge in [0, 0.05) is 6.04 Å². The predicted molar refractivity (Wildman–Crippen MR) is 83.0 cm³/mol. The quantitative estimate of drug-likeness (QED) is 0.458. The smallest absolute Gasteiger partial charge is 0.305 e. The first-order chi connectivity index (χ1) is 10.3. The van der Waals surface area contributed by atoms with Crippen molar-refractivity contribution in [2.24, 2.45) is 11.1 Å². The lowest BCUT2D eigenvalue weighted by Crippen LogP contribution is -2.39. The van der Waals surface area contributed by atoms with E-state index >= 15 is 0 Å². The summed E-state index contributed by atoms with van der Waals surface area (Å²) in [5, 5.41) is 8.40.